The second kappa shape index (κ2) is 3.90. The average molecular weight is 177 g/mol. The molecule has 0 amide bonds. The van der Waals surface area contributed by atoms with Crippen molar-refractivity contribution in [1.29, 1.82) is 5.26 Å². The van der Waals surface area contributed by atoms with Gasteiger partial charge in [-0.3, -0.25) is 4.79 Å². The van der Waals surface area contributed by atoms with Gasteiger partial charge in [-0.15, -0.1) is 0 Å². The maximum Gasteiger partial charge on any atom is 0.183 e. The molecule has 0 bridgehead atoms. The van der Waals surface area contributed by atoms with Crippen molar-refractivity contribution in [2.24, 2.45) is 11.8 Å². The molecule has 1 rings (SSSR count). The number of hydrogen-bond donors (Lipinski definition) is 0. The second-order valence-corrected chi connectivity index (χ2v) is 3.23. The Morgan fingerprint density at radius 3 is 2.69 bits per heavy atom. The van der Waals surface area contributed by atoms with Crippen LogP contribution in [0.2, 0.25) is 0 Å². The number of rotatable bonds is 3. The van der Waals surface area contributed by atoms with Crippen LogP contribution in [0.4, 0.5) is 0 Å². The van der Waals surface area contributed by atoms with Crippen LogP contribution in [0.5, 0.6) is 0 Å². The first-order valence-electron chi connectivity index (χ1n) is 4.13. The first-order valence-corrected chi connectivity index (χ1v) is 4.13. The predicted octanol–water partition coefficient (Wildman–Crippen LogP) is 2.26. The highest BCUT2D eigenvalue weighted by Gasteiger charge is 2.23. The van der Waals surface area contributed by atoms with Crippen LogP contribution in [0, 0.1) is 23.2 Å². The highest BCUT2D eigenvalue weighted by atomic mass is 16.3. The number of Topliss-reactive ketones (excluding diaryl/α,β-unsaturated/α-hetero) is 1. The molecule has 1 heterocycles. The molecule has 0 saturated carbocycles. The third-order valence-electron chi connectivity index (χ3n) is 1.89. The Kier molecular flexibility index (Phi) is 2.86. The summed E-state index contributed by atoms with van der Waals surface area (Å²) in [5.41, 5.74) is 0.472. The molecule has 1 unspecified atom stereocenters. The molecule has 0 aliphatic carbocycles. The van der Waals surface area contributed by atoms with Gasteiger partial charge in [-0.2, -0.15) is 5.26 Å². The minimum atomic E-state index is -0.572. The van der Waals surface area contributed by atoms with Crippen molar-refractivity contribution in [2.75, 3.05) is 0 Å². The number of ketones is 1. The molecule has 13 heavy (non-hydrogen) atoms. The van der Waals surface area contributed by atoms with E-state index in [2.05, 4.69) is 0 Å². The van der Waals surface area contributed by atoms with Gasteiger partial charge in [-0.25, -0.2) is 0 Å². The van der Waals surface area contributed by atoms with Gasteiger partial charge in [0, 0.05) is 0 Å². The Morgan fingerprint density at radius 2 is 2.31 bits per heavy atom. The van der Waals surface area contributed by atoms with Crippen LogP contribution >= 0.6 is 0 Å². The van der Waals surface area contributed by atoms with Gasteiger partial charge in [-0.1, -0.05) is 13.8 Å². The van der Waals surface area contributed by atoms with E-state index in [1.165, 1.54) is 12.5 Å². The average Bonchev–Trinajstić information content (AvgIpc) is 2.56. The van der Waals surface area contributed by atoms with Crippen molar-refractivity contribution >= 4 is 5.78 Å². The van der Waals surface area contributed by atoms with Crippen molar-refractivity contribution in [3.8, 4) is 6.07 Å². The van der Waals surface area contributed by atoms with Gasteiger partial charge in [0.05, 0.1) is 17.9 Å². The van der Waals surface area contributed by atoms with Crippen molar-refractivity contribution in [2.45, 2.75) is 13.8 Å². The lowest BCUT2D eigenvalue weighted by Gasteiger charge is -2.09. The van der Waals surface area contributed by atoms with E-state index in [4.69, 9.17) is 9.68 Å². The summed E-state index contributed by atoms with van der Waals surface area (Å²) in [4.78, 5) is 11.6. The molecular weight excluding hydrogens is 166 g/mol. The molecule has 0 spiro atoms. The molecule has 1 aromatic heterocycles. The van der Waals surface area contributed by atoms with Crippen molar-refractivity contribution in [3.63, 3.8) is 0 Å². The number of nitriles is 1. The lowest BCUT2D eigenvalue weighted by Crippen LogP contribution is -2.17. The Bertz CT molecular complexity index is 319. The third kappa shape index (κ3) is 1.97. The van der Waals surface area contributed by atoms with Crippen LogP contribution in [-0.2, 0) is 0 Å². The van der Waals surface area contributed by atoms with E-state index in [1.807, 2.05) is 19.9 Å². The molecule has 0 fully saturated rings. The summed E-state index contributed by atoms with van der Waals surface area (Å²) in [5.74, 6) is -0.698. The van der Waals surface area contributed by atoms with Gasteiger partial charge in [0.25, 0.3) is 0 Å². The summed E-state index contributed by atoms with van der Waals surface area (Å²) in [6.07, 6.45) is 2.80. The van der Waals surface area contributed by atoms with E-state index < -0.39 is 5.92 Å². The number of furan rings is 1. The Morgan fingerprint density at radius 1 is 1.62 bits per heavy atom. The summed E-state index contributed by atoms with van der Waals surface area (Å²) >= 11 is 0. The summed E-state index contributed by atoms with van der Waals surface area (Å²) in [6, 6.07) is 3.58. The zero-order chi connectivity index (χ0) is 9.84. The fourth-order valence-electron chi connectivity index (χ4n) is 1.09. The molecule has 1 aromatic rings. The number of carbonyl (C=O) groups excluding carboxylic acids is 1. The van der Waals surface area contributed by atoms with Gasteiger partial charge >= 0.3 is 0 Å². The molecule has 0 aliphatic heterocycles. The lowest BCUT2D eigenvalue weighted by atomic mass is 9.90. The molecule has 3 heteroatoms. The SMILES string of the molecule is CC(C)C(C#N)C(=O)c1ccoc1. The van der Waals surface area contributed by atoms with E-state index in [1.54, 1.807) is 6.07 Å². The lowest BCUT2D eigenvalue weighted by molar-refractivity contribution is 0.0924. The fraction of sp³-hybridized carbons (Fsp3) is 0.400. The zero-order valence-electron chi connectivity index (χ0n) is 7.65. The highest BCUT2D eigenvalue weighted by Crippen LogP contribution is 2.16. The summed E-state index contributed by atoms with van der Waals surface area (Å²) < 4.78 is 4.78. The van der Waals surface area contributed by atoms with Crippen LogP contribution in [-0.4, -0.2) is 5.78 Å². The van der Waals surface area contributed by atoms with Crippen LogP contribution in [0.15, 0.2) is 23.0 Å². The van der Waals surface area contributed by atoms with Gasteiger partial charge in [0.15, 0.2) is 5.78 Å². The maximum absolute atomic E-state index is 11.6. The highest BCUT2D eigenvalue weighted by molar-refractivity contribution is 5.99. The smallest absolute Gasteiger partial charge is 0.183 e. The molecule has 0 aliphatic rings. The second-order valence-electron chi connectivity index (χ2n) is 3.23. The van der Waals surface area contributed by atoms with E-state index in [0.717, 1.165) is 0 Å². The van der Waals surface area contributed by atoms with Crippen molar-refractivity contribution in [1.82, 2.24) is 0 Å². The normalized spacial score (nSPS) is 12.5. The molecule has 0 radical (unpaired) electrons. The molecule has 3 nitrogen and oxygen atoms in total. The van der Waals surface area contributed by atoms with Crippen LogP contribution in [0.25, 0.3) is 0 Å². The molecule has 68 valence electrons. The standard InChI is InChI=1S/C10H11NO2/c1-7(2)9(5-11)10(12)8-3-4-13-6-8/h3-4,6-7,9H,1-2H3. The largest absolute Gasteiger partial charge is 0.472 e. The van der Waals surface area contributed by atoms with Gasteiger partial charge < -0.3 is 4.42 Å². The van der Waals surface area contributed by atoms with E-state index in [0.29, 0.717) is 5.56 Å². The Balaban J connectivity index is 2.85. The van der Waals surface area contributed by atoms with Crippen LogP contribution in [0.3, 0.4) is 0 Å². The quantitative estimate of drug-likeness (QED) is 0.665. The summed E-state index contributed by atoms with van der Waals surface area (Å²) in [5, 5.41) is 8.76. The first-order chi connectivity index (χ1) is 6.16. The van der Waals surface area contributed by atoms with Crippen LogP contribution < -0.4 is 0 Å². The minimum absolute atomic E-state index is 0.0346. The van der Waals surface area contributed by atoms with Crippen LogP contribution in [0.1, 0.15) is 24.2 Å². The first kappa shape index (κ1) is 9.53. The fourth-order valence-corrected chi connectivity index (χ4v) is 1.09. The van der Waals surface area contributed by atoms with E-state index in [9.17, 15) is 4.79 Å². The zero-order valence-corrected chi connectivity index (χ0v) is 7.65. The molecular formula is C10H11NO2. The summed E-state index contributed by atoms with van der Waals surface area (Å²) in [6.45, 7) is 3.71. The maximum atomic E-state index is 11.6. The van der Waals surface area contributed by atoms with E-state index >= 15 is 0 Å². The topological polar surface area (TPSA) is 54.0 Å². The van der Waals surface area contributed by atoms with E-state index in [-0.39, 0.29) is 11.7 Å². The van der Waals surface area contributed by atoms with Gasteiger partial charge in [0.2, 0.25) is 0 Å². The number of carbonyl (C=O) groups is 1. The molecule has 1 atom stereocenters. The molecule has 0 aromatic carbocycles. The monoisotopic (exact) mass is 177 g/mol. The third-order valence-corrected chi connectivity index (χ3v) is 1.89. The summed E-state index contributed by atoms with van der Waals surface area (Å²) in [7, 11) is 0. The Labute approximate surface area is 77.0 Å². The molecule has 0 saturated heterocycles. The molecule has 0 N–H and O–H groups in total. The number of nitrogens with zero attached hydrogens (tertiary/aromatic N) is 1. The van der Waals surface area contributed by atoms with Crippen molar-refractivity contribution in [3.05, 3.63) is 24.2 Å². The predicted molar refractivity (Wildman–Crippen MR) is 47.0 cm³/mol. The number of hydrogen-bond acceptors (Lipinski definition) is 3. The van der Waals surface area contributed by atoms with Gasteiger partial charge in [0.1, 0.15) is 12.2 Å². The Hall–Kier alpha value is -1.56. The minimum Gasteiger partial charge on any atom is -0.472 e. The van der Waals surface area contributed by atoms with Crippen molar-refractivity contribution < 1.29 is 9.21 Å². The van der Waals surface area contributed by atoms with Gasteiger partial charge in [-0.05, 0) is 12.0 Å².